The maximum absolute atomic E-state index is 11.6. The summed E-state index contributed by atoms with van der Waals surface area (Å²) in [6, 6.07) is 0. The topological polar surface area (TPSA) is 48.6 Å². The van der Waals surface area contributed by atoms with E-state index >= 15 is 0 Å². The van der Waals surface area contributed by atoms with Gasteiger partial charge in [0.15, 0.2) is 0 Å². The van der Waals surface area contributed by atoms with Gasteiger partial charge in [0.25, 0.3) is 5.56 Å². The Morgan fingerprint density at radius 2 is 2.00 bits per heavy atom. The van der Waals surface area contributed by atoms with Crippen molar-refractivity contribution in [3.8, 4) is 0 Å². The van der Waals surface area contributed by atoms with Gasteiger partial charge >= 0.3 is 0 Å². The fraction of sp³-hybridized carbons (Fsp3) is 0.727. The molecule has 0 radical (unpaired) electrons. The largest absolute Gasteiger partial charge is 0.301 e. The normalized spacial score (nSPS) is 37.5. The summed E-state index contributed by atoms with van der Waals surface area (Å²) in [5, 5.41) is 5.80. The minimum Gasteiger partial charge on any atom is -0.301 e. The highest BCUT2D eigenvalue weighted by Gasteiger charge is 2.61. The number of nitrogens with one attached hydrogen (secondary N) is 2. The van der Waals surface area contributed by atoms with Gasteiger partial charge in [0.1, 0.15) is 0 Å². The van der Waals surface area contributed by atoms with E-state index in [0.29, 0.717) is 5.92 Å². The van der Waals surface area contributed by atoms with Gasteiger partial charge in [-0.15, -0.1) is 0 Å². The van der Waals surface area contributed by atoms with Gasteiger partial charge in [-0.2, -0.15) is 0 Å². The monoisotopic (exact) mass is 192 g/mol. The van der Waals surface area contributed by atoms with E-state index in [1.165, 1.54) is 12.1 Å². The average molecular weight is 192 g/mol. The molecule has 1 heterocycles. The summed E-state index contributed by atoms with van der Waals surface area (Å²) >= 11 is 0. The second-order valence-corrected chi connectivity index (χ2v) is 5.51. The Kier molecular flexibility index (Phi) is 1.19. The molecule has 76 valence electrons. The number of hydrogen-bond acceptors (Lipinski definition) is 1. The van der Waals surface area contributed by atoms with Crippen molar-refractivity contribution in [1.82, 2.24) is 10.2 Å². The molecule has 2 aliphatic rings. The smallest absolute Gasteiger partial charge is 0.267 e. The third kappa shape index (κ3) is 0.596. The van der Waals surface area contributed by atoms with Crippen LogP contribution >= 0.6 is 0 Å². The first-order chi connectivity index (χ1) is 6.48. The summed E-state index contributed by atoms with van der Waals surface area (Å²) in [5.74, 6) is 0.456. The Morgan fingerprint density at radius 1 is 1.29 bits per heavy atom. The van der Waals surface area contributed by atoms with E-state index in [-0.39, 0.29) is 16.4 Å². The van der Waals surface area contributed by atoms with E-state index in [2.05, 4.69) is 31.0 Å². The molecule has 3 nitrogen and oxygen atoms in total. The molecule has 2 aliphatic carbocycles. The van der Waals surface area contributed by atoms with Crippen molar-refractivity contribution >= 4 is 0 Å². The highest BCUT2D eigenvalue weighted by molar-refractivity contribution is 5.43. The van der Waals surface area contributed by atoms with E-state index in [1.807, 2.05) is 0 Å². The molecule has 0 amide bonds. The van der Waals surface area contributed by atoms with Crippen LogP contribution in [0.3, 0.4) is 0 Å². The Labute approximate surface area is 82.9 Å². The van der Waals surface area contributed by atoms with Crippen LogP contribution in [0.5, 0.6) is 0 Å². The predicted molar refractivity (Wildman–Crippen MR) is 54.5 cm³/mol. The van der Waals surface area contributed by atoms with Crippen molar-refractivity contribution < 1.29 is 0 Å². The van der Waals surface area contributed by atoms with Crippen molar-refractivity contribution in [3.63, 3.8) is 0 Å². The molecule has 1 fully saturated rings. The molecule has 0 spiro atoms. The molecule has 2 atom stereocenters. The lowest BCUT2D eigenvalue weighted by Crippen LogP contribution is -2.32. The Balaban J connectivity index is 2.37. The van der Waals surface area contributed by atoms with Crippen LogP contribution in [0.25, 0.3) is 0 Å². The molecule has 3 rings (SSSR count). The van der Waals surface area contributed by atoms with E-state index in [0.717, 1.165) is 12.0 Å². The molecular formula is C11H16N2O. The molecule has 0 aromatic carbocycles. The van der Waals surface area contributed by atoms with Crippen LogP contribution < -0.4 is 5.56 Å². The average Bonchev–Trinajstić information content (AvgIpc) is 2.63. The first-order valence-electron chi connectivity index (χ1n) is 5.29. The molecular weight excluding hydrogens is 176 g/mol. The second kappa shape index (κ2) is 2.00. The zero-order valence-electron chi connectivity index (χ0n) is 8.90. The first kappa shape index (κ1) is 8.33. The SMILES string of the molecule is CC12CCC(c3c1[nH][nH]c3=O)C2(C)C. The maximum Gasteiger partial charge on any atom is 0.267 e. The summed E-state index contributed by atoms with van der Waals surface area (Å²) in [6.45, 7) is 6.86. The number of rotatable bonds is 0. The van der Waals surface area contributed by atoms with E-state index in [9.17, 15) is 4.79 Å². The van der Waals surface area contributed by atoms with Crippen LogP contribution in [0.1, 0.15) is 50.8 Å². The minimum atomic E-state index is 0.0986. The number of fused-ring (bicyclic) bond motifs is 5. The van der Waals surface area contributed by atoms with Gasteiger partial charge < -0.3 is 5.10 Å². The van der Waals surface area contributed by atoms with Crippen molar-refractivity contribution in [2.24, 2.45) is 5.41 Å². The lowest BCUT2D eigenvalue weighted by molar-refractivity contribution is 0.225. The molecule has 2 bridgehead atoms. The lowest BCUT2D eigenvalue weighted by Gasteiger charge is -2.34. The van der Waals surface area contributed by atoms with Crippen LogP contribution in [0.2, 0.25) is 0 Å². The van der Waals surface area contributed by atoms with E-state index < -0.39 is 0 Å². The summed E-state index contributed by atoms with van der Waals surface area (Å²) in [5.41, 5.74) is 2.71. The summed E-state index contributed by atoms with van der Waals surface area (Å²) in [4.78, 5) is 11.6. The van der Waals surface area contributed by atoms with Crippen molar-refractivity contribution in [2.75, 3.05) is 0 Å². The van der Waals surface area contributed by atoms with E-state index in [4.69, 9.17) is 0 Å². The molecule has 3 heteroatoms. The number of aromatic amines is 2. The molecule has 2 N–H and O–H groups in total. The van der Waals surface area contributed by atoms with Gasteiger partial charge in [0, 0.05) is 16.7 Å². The zero-order chi connectivity index (χ0) is 10.1. The maximum atomic E-state index is 11.6. The second-order valence-electron chi connectivity index (χ2n) is 5.51. The molecule has 1 aromatic heterocycles. The number of aromatic nitrogens is 2. The fourth-order valence-corrected chi connectivity index (χ4v) is 3.59. The molecule has 2 unspecified atom stereocenters. The van der Waals surface area contributed by atoms with Crippen LogP contribution in [0, 0.1) is 5.41 Å². The summed E-state index contributed by atoms with van der Waals surface area (Å²) in [7, 11) is 0. The Morgan fingerprint density at radius 3 is 2.64 bits per heavy atom. The van der Waals surface area contributed by atoms with Crippen LogP contribution in [0.4, 0.5) is 0 Å². The van der Waals surface area contributed by atoms with Crippen LogP contribution in [-0.4, -0.2) is 10.2 Å². The molecule has 1 saturated carbocycles. The van der Waals surface area contributed by atoms with Crippen LogP contribution in [0.15, 0.2) is 4.79 Å². The van der Waals surface area contributed by atoms with Gasteiger partial charge in [0.2, 0.25) is 0 Å². The standard InChI is InChI=1S/C11H16N2O/c1-10(2)6-4-5-11(10,3)8-7(6)9(14)13-12-8/h6H,4-5H2,1-3H3,(H2,12,13,14). The van der Waals surface area contributed by atoms with Crippen molar-refractivity contribution in [1.29, 1.82) is 0 Å². The lowest BCUT2D eigenvalue weighted by atomic mass is 9.70. The van der Waals surface area contributed by atoms with Gasteiger partial charge in [-0.1, -0.05) is 20.8 Å². The molecule has 14 heavy (non-hydrogen) atoms. The molecule has 0 aliphatic heterocycles. The van der Waals surface area contributed by atoms with Gasteiger partial charge in [-0.25, -0.2) is 0 Å². The summed E-state index contributed by atoms with van der Waals surface area (Å²) < 4.78 is 0. The van der Waals surface area contributed by atoms with Gasteiger partial charge in [0.05, 0.1) is 0 Å². The molecule has 0 saturated heterocycles. The van der Waals surface area contributed by atoms with Gasteiger partial charge in [-0.05, 0) is 24.2 Å². The minimum absolute atomic E-state index is 0.0986. The van der Waals surface area contributed by atoms with Crippen molar-refractivity contribution in [3.05, 3.63) is 21.6 Å². The highest BCUT2D eigenvalue weighted by Crippen LogP contribution is 2.66. The third-order valence-corrected chi connectivity index (χ3v) is 4.94. The molecule has 1 aromatic rings. The highest BCUT2D eigenvalue weighted by atomic mass is 16.1. The van der Waals surface area contributed by atoms with Gasteiger partial charge in [-0.3, -0.25) is 9.89 Å². The predicted octanol–water partition coefficient (Wildman–Crippen LogP) is 1.88. The zero-order valence-corrected chi connectivity index (χ0v) is 8.90. The van der Waals surface area contributed by atoms with Crippen molar-refractivity contribution in [2.45, 2.75) is 44.9 Å². The Bertz CT molecular complexity index is 454. The quantitative estimate of drug-likeness (QED) is 0.647. The summed E-state index contributed by atoms with van der Waals surface area (Å²) in [6.07, 6.45) is 2.36. The number of H-pyrrole nitrogens is 2. The Hall–Kier alpha value is -0.990. The number of hydrogen-bond donors (Lipinski definition) is 2. The first-order valence-corrected chi connectivity index (χ1v) is 5.29. The third-order valence-electron chi connectivity index (χ3n) is 4.94. The van der Waals surface area contributed by atoms with Crippen LogP contribution in [-0.2, 0) is 5.41 Å². The fourth-order valence-electron chi connectivity index (χ4n) is 3.59. The van der Waals surface area contributed by atoms with E-state index in [1.54, 1.807) is 0 Å².